The van der Waals surface area contributed by atoms with Gasteiger partial charge in [0, 0.05) is 12.6 Å². The molecule has 2 aromatic rings. The van der Waals surface area contributed by atoms with Crippen molar-refractivity contribution >= 4 is 51.6 Å². The molecule has 3 N–H and O–H groups in total. The van der Waals surface area contributed by atoms with Crippen molar-refractivity contribution in [3.63, 3.8) is 0 Å². The molecule has 7 heteroatoms. The van der Waals surface area contributed by atoms with Crippen molar-refractivity contribution in [2.24, 2.45) is 0 Å². The van der Waals surface area contributed by atoms with Crippen LogP contribution >= 0.6 is 34.2 Å². The number of hydrogen-bond acceptors (Lipinski definition) is 5. The van der Waals surface area contributed by atoms with E-state index in [0.29, 0.717) is 17.4 Å². The van der Waals surface area contributed by atoms with Crippen LogP contribution in [0.2, 0.25) is 5.02 Å². The SMILES string of the molecule is Nc1nc(I)cc(N(CCO)c2ccccc2Cl)n1. The zero-order valence-electron chi connectivity index (χ0n) is 9.92. The lowest BCUT2D eigenvalue weighted by atomic mass is 10.3. The maximum atomic E-state index is 9.23. The molecule has 0 amide bonds. The Morgan fingerprint density at radius 2 is 2.05 bits per heavy atom. The van der Waals surface area contributed by atoms with Gasteiger partial charge in [-0.25, -0.2) is 4.98 Å². The highest BCUT2D eigenvalue weighted by Crippen LogP contribution is 2.30. The maximum absolute atomic E-state index is 9.23. The van der Waals surface area contributed by atoms with Crippen LogP contribution in [0.1, 0.15) is 0 Å². The second-order valence-electron chi connectivity index (χ2n) is 3.73. The van der Waals surface area contributed by atoms with Gasteiger partial charge in [-0.15, -0.1) is 0 Å². The number of rotatable bonds is 4. The van der Waals surface area contributed by atoms with E-state index in [9.17, 15) is 5.11 Å². The molecular weight excluding hydrogens is 379 g/mol. The maximum Gasteiger partial charge on any atom is 0.222 e. The number of para-hydroxylation sites is 1. The molecule has 1 aromatic heterocycles. The van der Waals surface area contributed by atoms with Crippen LogP contribution in [0.25, 0.3) is 0 Å². The first-order valence-corrected chi connectivity index (χ1v) is 7.00. The second-order valence-corrected chi connectivity index (χ2v) is 5.25. The Labute approximate surface area is 129 Å². The molecule has 0 fully saturated rings. The van der Waals surface area contributed by atoms with Crippen LogP contribution in [0.4, 0.5) is 17.5 Å². The number of anilines is 3. The predicted octanol–water partition coefficient (Wildman–Crippen LogP) is 2.45. The summed E-state index contributed by atoms with van der Waals surface area (Å²) in [7, 11) is 0. The minimum atomic E-state index is -0.0221. The normalized spacial score (nSPS) is 10.5. The lowest BCUT2D eigenvalue weighted by molar-refractivity contribution is 0.305. The number of aliphatic hydroxyl groups is 1. The molecule has 2 rings (SSSR count). The molecule has 100 valence electrons. The van der Waals surface area contributed by atoms with Crippen molar-refractivity contribution in [3.8, 4) is 0 Å². The van der Waals surface area contributed by atoms with Gasteiger partial charge in [-0.2, -0.15) is 4.98 Å². The van der Waals surface area contributed by atoms with E-state index in [1.807, 2.05) is 23.1 Å². The standard InChI is InChI=1S/C12H12ClIN4O/c13-8-3-1-2-4-9(8)18(5-6-19)11-7-10(14)16-12(15)17-11/h1-4,7,19H,5-6H2,(H2,15,16,17). The molecule has 0 unspecified atom stereocenters. The summed E-state index contributed by atoms with van der Waals surface area (Å²) in [5.74, 6) is 0.802. The zero-order valence-corrected chi connectivity index (χ0v) is 12.8. The first kappa shape index (κ1) is 14.3. The van der Waals surface area contributed by atoms with Crippen LogP contribution in [0.5, 0.6) is 0 Å². The molecule has 1 heterocycles. The van der Waals surface area contributed by atoms with E-state index in [2.05, 4.69) is 32.6 Å². The van der Waals surface area contributed by atoms with Crippen molar-refractivity contribution in [1.82, 2.24) is 9.97 Å². The Balaban J connectivity index is 2.48. The Hall–Kier alpha value is -1.12. The first-order valence-electron chi connectivity index (χ1n) is 5.55. The fraction of sp³-hybridized carbons (Fsp3) is 0.167. The Bertz CT molecular complexity index is 561. The fourth-order valence-electron chi connectivity index (χ4n) is 1.69. The molecule has 0 aliphatic rings. The van der Waals surface area contributed by atoms with Crippen LogP contribution < -0.4 is 10.6 Å². The van der Waals surface area contributed by atoms with Gasteiger partial charge in [0.1, 0.15) is 9.52 Å². The average Bonchev–Trinajstić information content (AvgIpc) is 2.36. The quantitative estimate of drug-likeness (QED) is 0.619. The van der Waals surface area contributed by atoms with Gasteiger partial charge in [0.2, 0.25) is 5.95 Å². The van der Waals surface area contributed by atoms with Gasteiger partial charge >= 0.3 is 0 Å². The molecular formula is C12H12ClIN4O. The van der Waals surface area contributed by atoms with Gasteiger partial charge < -0.3 is 15.7 Å². The van der Waals surface area contributed by atoms with E-state index in [-0.39, 0.29) is 12.6 Å². The van der Waals surface area contributed by atoms with Gasteiger partial charge in [0.25, 0.3) is 0 Å². The summed E-state index contributed by atoms with van der Waals surface area (Å²) < 4.78 is 0.732. The van der Waals surface area contributed by atoms with Crippen molar-refractivity contribution < 1.29 is 5.11 Å². The molecule has 0 spiro atoms. The van der Waals surface area contributed by atoms with Crippen LogP contribution in [0, 0.1) is 3.70 Å². The third-order valence-electron chi connectivity index (χ3n) is 2.44. The minimum absolute atomic E-state index is 0.0221. The topological polar surface area (TPSA) is 75.3 Å². The summed E-state index contributed by atoms with van der Waals surface area (Å²) in [6, 6.07) is 9.16. The average molecular weight is 391 g/mol. The summed E-state index contributed by atoms with van der Waals surface area (Å²) in [4.78, 5) is 10.0. The molecule has 0 bridgehead atoms. The number of nitrogens with two attached hydrogens (primary N) is 1. The fourth-order valence-corrected chi connectivity index (χ4v) is 2.45. The number of nitrogens with zero attached hydrogens (tertiary/aromatic N) is 3. The van der Waals surface area contributed by atoms with Crippen LogP contribution in [0.15, 0.2) is 30.3 Å². The van der Waals surface area contributed by atoms with Crippen molar-refractivity contribution in [2.45, 2.75) is 0 Å². The molecule has 0 aliphatic heterocycles. The molecule has 5 nitrogen and oxygen atoms in total. The molecule has 0 saturated carbocycles. The lowest BCUT2D eigenvalue weighted by Crippen LogP contribution is -2.23. The number of aliphatic hydroxyl groups excluding tert-OH is 1. The number of benzene rings is 1. The van der Waals surface area contributed by atoms with E-state index < -0.39 is 0 Å². The Morgan fingerprint density at radius 1 is 1.32 bits per heavy atom. The van der Waals surface area contributed by atoms with E-state index >= 15 is 0 Å². The van der Waals surface area contributed by atoms with Gasteiger partial charge in [0.15, 0.2) is 0 Å². The summed E-state index contributed by atoms with van der Waals surface area (Å²) in [5, 5.41) is 9.81. The van der Waals surface area contributed by atoms with E-state index in [1.165, 1.54) is 0 Å². The molecule has 19 heavy (non-hydrogen) atoms. The van der Waals surface area contributed by atoms with Crippen LogP contribution in [-0.2, 0) is 0 Å². The molecule has 1 aromatic carbocycles. The van der Waals surface area contributed by atoms with Crippen LogP contribution in [0.3, 0.4) is 0 Å². The van der Waals surface area contributed by atoms with Gasteiger partial charge in [-0.1, -0.05) is 23.7 Å². The third kappa shape index (κ3) is 3.46. The molecule has 0 aliphatic carbocycles. The monoisotopic (exact) mass is 390 g/mol. The van der Waals surface area contributed by atoms with E-state index in [4.69, 9.17) is 17.3 Å². The summed E-state index contributed by atoms with van der Waals surface area (Å²) in [5.41, 5.74) is 6.43. The van der Waals surface area contributed by atoms with Crippen molar-refractivity contribution in [1.29, 1.82) is 0 Å². The number of aromatic nitrogens is 2. The van der Waals surface area contributed by atoms with Gasteiger partial charge in [-0.3, -0.25) is 0 Å². The second kappa shape index (κ2) is 6.36. The van der Waals surface area contributed by atoms with E-state index in [1.54, 1.807) is 12.1 Å². The summed E-state index contributed by atoms with van der Waals surface area (Å²) in [6.07, 6.45) is 0. The highest BCUT2D eigenvalue weighted by Gasteiger charge is 2.14. The highest BCUT2D eigenvalue weighted by molar-refractivity contribution is 14.1. The number of halogens is 2. The minimum Gasteiger partial charge on any atom is -0.395 e. The van der Waals surface area contributed by atoms with Crippen molar-refractivity contribution in [2.75, 3.05) is 23.8 Å². The molecule has 0 saturated heterocycles. The summed E-state index contributed by atoms with van der Waals surface area (Å²) >= 11 is 8.25. The first-order chi connectivity index (χ1) is 9.11. The molecule has 0 radical (unpaired) electrons. The smallest absolute Gasteiger partial charge is 0.222 e. The van der Waals surface area contributed by atoms with Gasteiger partial charge in [-0.05, 0) is 34.7 Å². The number of hydrogen-bond donors (Lipinski definition) is 2. The number of nitrogen functional groups attached to an aromatic ring is 1. The highest BCUT2D eigenvalue weighted by atomic mass is 127. The summed E-state index contributed by atoms with van der Waals surface area (Å²) in [6.45, 7) is 0.349. The molecule has 0 atom stereocenters. The Morgan fingerprint density at radius 3 is 2.68 bits per heavy atom. The van der Waals surface area contributed by atoms with Gasteiger partial charge in [0.05, 0.1) is 17.3 Å². The predicted molar refractivity (Wildman–Crippen MR) is 84.7 cm³/mol. The van der Waals surface area contributed by atoms with Crippen molar-refractivity contribution in [3.05, 3.63) is 39.1 Å². The lowest BCUT2D eigenvalue weighted by Gasteiger charge is -2.24. The zero-order chi connectivity index (χ0) is 13.8. The third-order valence-corrected chi connectivity index (χ3v) is 3.31. The largest absolute Gasteiger partial charge is 0.395 e. The van der Waals surface area contributed by atoms with Crippen LogP contribution in [-0.4, -0.2) is 28.2 Å². The Kier molecular flexibility index (Phi) is 4.78. The van der Waals surface area contributed by atoms with E-state index in [0.717, 1.165) is 9.39 Å².